The number of rotatable bonds is 7. The van der Waals surface area contributed by atoms with Crippen molar-refractivity contribution in [3.63, 3.8) is 0 Å². The number of fused-ring (bicyclic) bond motifs is 1. The lowest BCUT2D eigenvalue weighted by atomic mass is 9.94. The minimum absolute atomic E-state index is 0.269. The van der Waals surface area contributed by atoms with Crippen LogP contribution in [0.4, 0.5) is 5.69 Å². The third-order valence-electron chi connectivity index (χ3n) is 4.83. The predicted molar refractivity (Wildman–Crippen MR) is 108 cm³/mol. The summed E-state index contributed by atoms with van der Waals surface area (Å²) >= 11 is 0. The molecule has 0 aliphatic rings. The largest absolute Gasteiger partial charge is 0.481 e. The summed E-state index contributed by atoms with van der Waals surface area (Å²) in [4.78, 5) is 26.3. The Morgan fingerprint density at radius 2 is 1.59 bits per heavy atom. The van der Waals surface area contributed by atoms with Crippen molar-refractivity contribution >= 4 is 28.3 Å². The highest BCUT2D eigenvalue weighted by Gasteiger charge is 2.30. The molecule has 0 aliphatic carbocycles. The number of hydrogen-bond acceptors (Lipinski definition) is 2. The molecule has 4 heteroatoms. The highest BCUT2D eigenvalue weighted by molar-refractivity contribution is 6.05. The summed E-state index contributed by atoms with van der Waals surface area (Å²) in [5.74, 6) is -2.50. The lowest BCUT2D eigenvalue weighted by Gasteiger charge is -2.24. The van der Waals surface area contributed by atoms with Gasteiger partial charge in [0.15, 0.2) is 0 Å². The minimum Gasteiger partial charge on any atom is -0.481 e. The first-order valence-corrected chi connectivity index (χ1v) is 9.17. The molecule has 4 nitrogen and oxygen atoms in total. The van der Waals surface area contributed by atoms with Crippen molar-refractivity contribution in [3.8, 4) is 0 Å². The van der Waals surface area contributed by atoms with Crippen LogP contribution >= 0.6 is 0 Å². The summed E-state index contributed by atoms with van der Waals surface area (Å²) in [6.07, 6.45) is 0.807. The number of benzene rings is 3. The Morgan fingerprint density at radius 3 is 2.30 bits per heavy atom. The molecule has 0 spiro atoms. The summed E-state index contributed by atoms with van der Waals surface area (Å²) in [6, 6.07) is 23.2. The van der Waals surface area contributed by atoms with Crippen LogP contribution in [-0.2, 0) is 16.0 Å². The minimum atomic E-state index is -1.07. The van der Waals surface area contributed by atoms with Gasteiger partial charge in [-0.2, -0.15) is 0 Å². The topological polar surface area (TPSA) is 57.6 Å². The molecule has 3 aromatic carbocycles. The van der Waals surface area contributed by atoms with Crippen molar-refractivity contribution < 1.29 is 14.7 Å². The molecule has 0 aromatic heterocycles. The number of anilines is 1. The summed E-state index contributed by atoms with van der Waals surface area (Å²) < 4.78 is 0. The van der Waals surface area contributed by atoms with Crippen LogP contribution < -0.4 is 4.90 Å². The summed E-state index contributed by atoms with van der Waals surface area (Å²) in [7, 11) is 0. The molecular weight excluding hydrogens is 338 g/mol. The van der Waals surface area contributed by atoms with Gasteiger partial charge >= 0.3 is 5.97 Å². The van der Waals surface area contributed by atoms with Crippen LogP contribution in [-0.4, -0.2) is 23.5 Å². The predicted octanol–water partition coefficient (Wildman–Crippen LogP) is 4.53. The highest BCUT2D eigenvalue weighted by atomic mass is 16.4. The van der Waals surface area contributed by atoms with E-state index >= 15 is 0 Å². The van der Waals surface area contributed by atoms with Crippen LogP contribution in [0.2, 0.25) is 0 Å². The van der Waals surface area contributed by atoms with Crippen LogP contribution in [0.3, 0.4) is 0 Å². The van der Waals surface area contributed by atoms with Crippen molar-refractivity contribution in [2.75, 3.05) is 11.4 Å². The molecule has 1 atom stereocenters. The Kier molecular flexibility index (Phi) is 5.87. The van der Waals surface area contributed by atoms with Gasteiger partial charge in [0.25, 0.3) is 0 Å². The third-order valence-corrected chi connectivity index (χ3v) is 4.83. The van der Waals surface area contributed by atoms with Gasteiger partial charge in [-0.15, -0.1) is 0 Å². The van der Waals surface area contributed by atoms with Crippen molar-refractivity contribution in [3.05, 3.63) is 78.4 Å². The van der Waals surface area contributed by atoms with E-state index in [1.165, 1.54) is 0 Å². The standard InChI is InChI=1S/C23H23NO3/c1-2-24(19-12-4-3-5-13-19)22(25)21(23(26)27)16-15-18-11-8-10-17-9-6-7-14-20(17)18/h3-14,21H,2,15-16H2,1H3,(H,26,27). The van der Waals surface area contributed by atoms with Gasteiger partial charge in [-0.05, 0) is 48.2 Å². The number of aliphatic carboxylic acids is 1. The lowest BCUT2D eigenvalue weighted by Crippen LogP contribution is -2.39. The third kappa shape index (κ3) is 4.17. The van der Waals surface area contributed by atoms with E-state index in [2.05, 4.69) is 0 Å². The Balaban J connectivity index is 1.81. The van der Waals surface area contributed by atoms with E-state index in [4.69, 9.17) is 0 Å². The van der Waals surface area contributed by atoms with Crippen molar-refractivity contribution in [1.29, 1.82) is 0 Å². The Hall–Kier alpha value is -3.14. The number of nitrogens with zero attached hydrogens (tertiary/aromatic N) is 1. The average molecular weight is 361 g/mol. The zero-order valence-electron chi connectivity index (χ0n) is 15.3. The molecule has 1 N–H and O–H groups in total. The van der Waals surface area contributed by atoms with Gasteiger partial charge in [-0.3, -0.25) is 9.59 Å². The molecule has 1 amide bonds. The number of carboxylic acids is 1. The van der Waals surface area contributed by atoms with Crippen molar-refractivity contribution in [1.82, 2.24) is 0 Å². The van der Waals surface area contributed by atoms with Gasteiger partial charge in [0.05, 0.1) is 0 Å². The highest BCUT2D eigenvalue weighted by Crippen LogP contribution is 2.23. The van der Waals surface area contributed by atoms with E-state index in [1.807, 2.05) is 79.7 Å². The number of para-hydroxylation sites is 1. The first kappa shape index (κ1) is 18.6. The summed E-state index contributed by atoms with van der Waals surface area (Å²) in [6.45, 7) is 2.29. The number of carbonyl (C=O) groups is 2. The van der Waals surface area contributed by atoms with Crippen molar-refractivity contribution in [2.24, 2.45) is 5.92 Å². The molecule has 3 aromatic rings. The van der Waals surface area contributed by atoms with E-state index < -0.39 is 11.9 Å². The first-order valence-electron chi connectivity index (χ1n) is 9.17. The molecule has 138 valence electrons. The van der Waals surface area contributed by atoms with Crippen LogP contribution in [0.1, 0.15) is 18.9 Å². The maximum absolute atomic E-state index is 12.9. The molecule has 27 heavy (non-hydrogen) atoms. The van der Waals surface area contributed by atoms with E-state index in [0.29, 0.717) is 13.0 Å². The fraction of sp³-hybridized carbons (Fsp3) is 0.217. The molecule has 0 saturated heterocycles. The van der Waals surface area contributed by atoms with E-state index in [1.54, 1.807) is 4.90 Å². The second kappa shape index (κ2) is 8.49. The lowest BCUT2D eigenvalue weighted by molar-refractivity contribution is -0.146. The molecule has 0 saturated carbocycles. The number of aryl methyl sites for hydroxylation is 1. The van der Waals surface area contributed by atoms with Gasteiger partial charge in [-0.1, -0.05) is 60.7 Å². The van der Waals surface area contributed by atoms with Gasteiger partial charge < -0.3 is 10.0 Å². The van der Waals surface area contributed by atoms with Gasteiger partial charge in [0, 0.05) is 12.2 Å². The Bertz CT molecular complexity index is 931. The second-order valence-electron chi connectivity index (χ2n) is 6.49. The van der Waals surface area contributed by atoms with Crippen LogP contribution in [0.5, 0.6) is 0 Å². The number of carbonyl (C=O) groups excluding carboxylic acids is 1. The molecular formula is C23H23NO3. The maximum Gasteiger partial charge on any atom is 0.316 e. The summed E-state index contributed by atoms with van der Waals surface area (Å²) in [5, 5.41) is 11.9. The zero-order chi connectivity index (χ0) is 19.2. The fourth-order valence-electron chi connectivity index (χ4n) is 3.42. The molecule has 3 rings (SSSR count). The van der Waals surface area contributed by atoms with Crippen LogP contribution in [0.25, 0.3) is 10.8 Å². The quantitative estimate of drug-likeness (QED) is 0.629. The number of carboxylic acid groups (broad SMARTS) is 1. The van der Waals surface area contributed by atoms with Crippen LogP contribution in [0, 0.1) is 5.92 Å². The van der Waals surface area contributed by atoms with Gasteiger partial charge in [0.1, 0.15) is 5.92 Å². The monoisotopic (exact) mass is 361 g/mol. The maximum atomic E-state index is 12.9. The fourth-order valence-corrected chi connectivity index (χ4v) is 3.42. The average Bonchev–Trinajstić information content (AvgIpc) is 2.69. The zero-order valence-corrected chi connectivity index (χ0v) is 15.3. The number of amides is 1. The first-order chi connectivity index (χ1) is 13.1. The van der Waals surface area contributed by atoms with E-state index in [0.717, 1.165) is 22.0 Å². The smallest absolute Gasteiger partial charge is 0.316 e. The number of hydrogen-bond donors (Lipinski definition) is 1. The van der Waals surface area contributed by atoms with Crippen molar-refractivity contribution in [2.45, 2.75) is 19.8 Å². The molecule has 0 radical (unpaired) electrons. The molecule has 0 fully saturated rings. The second-order valence-corrected chi connectivity index (χ2v) is 6.49. The molecule has 0 heterocycles. The summed E-state index contributed by atoms with van der Waals surface area (Å²) in [5.41, 5.74) is 1.79. The normalized spacial score (nSPS) is 11.9. The van der Waals surface area contributed by atoms with Crippen LogP contribution in [0.15, 0.2) is 72.8 Å². The molecule has 0 bridgehead atoms. The van der Waals surface area contributed by atoms with Gasteiger partial charge in [-0.25, -0.2) is 0 Å². The Labute approximate surface area is 159 Å². The SMILES string of the molecule is CCN(C(=O)C(CCc1cccc2ccccc12)C(=O)O)c1ccccc1. The molecule has 0 aliphatic heterocycles. The Morgan fingerprint density at radius 1 is 0.926 bits per heavy atom. The van der Waals surface area contributed by atoms with E-state index in [-0.39, 0.29) is 12.3 Å². The molecule has 1 unspecified atom stereocenters. The van der Waals surface area contributed by atoms with E-state index in [9.17, 15) is 14.7 Å². The van der Waals surface area contributed by atoms with Gasteiger partial charge in [0.2, 0.25) is 5.91 Å².